The first-order valence-corrected chi connectivity index (χ1v) is 19.5. The number of allylic oxidation sites excluding steroid dienone is 1. The van der Waals surface area contributed by atoms with Gasteiger partial charge in [0.05, 0.1) is 15.7 Å². The lowest BCUT2D eigenvalue weighted by Gasteiger charge is -2.46. The average molecular weight is 712 g/mol. The van der Waals surface area contributed by atoms with Crippen molar-refractivity contribution in [2.24, 2.45) is 17.8 Å². The summed E-state index contributed by atoms with van der Waals surface area (Å²) in [6.45, 7) is 18.2. The number of ether oxygens (including phenoxy) is 1. The Bertz CT molecular complexity index is 1880. The number of halogens is 1. The lowest BCUT2D eigenvalue weighted by atomic mass is 9.65. The Morgan fingerprint density at radius 1 is 1.00 bits per heavy atom. The summed E-state index contributed by atoms with van der Waals surface area (Å²) in [5.41, 5.74) is 1.46. The highest BCUT2D eigenvalue weighted by molar-refractivity contribution is 7.91. The summed E-state index contributed by atoms with van der Waals surface area (Å²) >= 11 is 0. The number of ketones is 1. The molecule has 51 heavy (non-hydrogen) atoms. The molecule has 2 saturated heterocycles. The number of piperidine rings is 1. The van der Waals surface area contributed by atoms with E-state index in [0.717, 1.165) is 76.1 Å². The molecule has 10 heteroatoms. The van der Waals surface area contributed by atoms with Gasteiger partial charge >= 0.3 is 5.97 Å². The van der Waals surface area contributed by atoms with E-state index < -0.39 is 15.4 Å². The summed E-state index contributed by atoms with van der Waals surface area (Å²) in [4.78, 5) is 33.5. The van der Waals surface area contributed by atoms with Crippen LogP contribution in [0.3, 0.4) is 0 Å². The number of hydrogen-bond acceptors (Lipinski definition) is 7. The molecule has 6 rings (SSSR count). The summed E-state index contributed by atoms with van der Waals surface area (Å²) < 4.78 is 47.0. The van der Waals surface area contributed by atoms with E-state index in [1.807, 2.05) is 18.2 Å². The zero-order chi connectivity index (χ0) is 36.2. The van der Waals surface area contributed by atoms with Crippen molar-refractivity contribution in [3.63, 3.8) is 0 Å². The first-order chi connectivity index (χ1) is 24.6. The van der Waals surface area contributed by atoms with Crippen LogP contribution in [0.1, 0.15) is 56.6 Å². The van der Waals surface area contributed by atoms with Crippen LogP contribution in [0, 0.1) is 30.1 Å². The largest absolute Gasteiger partial charge is 0.462 e. The zero-order valence-electron chi connectivity index (χ0n) is 29.2. The minimum absolute atomic E-state index is 0.0195. The van der Waals surface area contributed by atoms with Crippen LogP contribution in [0.5, 0.6) is 0 Å². The second-order valence-electron chi connectivity index (χ2n) is 14.2. The number of esters is 1. The van der Waals surface area contributed by atoms with Gasteiger partial charge < -0.3 is 19.4 Å². The standard InChI is InChI=1S/C41H46FN3O5S/c1-4-35(46)24-29-12-16-36(17-13-29)51(48,49)37-18-14-34(15-19-37)45-27-30(28-45)26-44-22-20-31(21-23-44)41(43-3,32-8-6-9-33(42)25-32)38-10-7-11-39(38)50-40(47)5-2/h4,6,8-9,12-19,25,30-31,38-39H,1,5,7,10-11,20-24,26-28H2,2H3/t38-,39-,41+/m0/s1. The Kier molecular flexibility index (Phi) is 11.1. The van der Waals surface area contributed by atoms with Crippen molar-refractivity contribution in [3.05, 3.63) is 114 Å². The number of nitrogens with zero attached hydrogens (tertiary/aromatic N) is 3. The highest BCUT2D eigenvalue weighted by Crippen LogP contribution is 2.52. The van der Waals surface area contributed by atoms with Crippen LogP contribution in [0.15, 0.2) is 95.2 Å². The number of carbonyl (C=O) groups excluding carboxylic acids is 2. The number of anilines is 1. The van der Waals surface area contributed by atoms with Gasteiger partial charge in [-0.3, -0.25) is 9.59 Å². The van der Waals surface area contributed by atoms with Gasteiger partial charge in [0.25, 0.3) is 5.54 Å². The molecular formula is C41H46FN3O5S. The predicted molar refractivity (Wildman–Crippen MR) is 194 cm³/mol. The lowest BCUT2D eigenvalue weighted by Crippen LogP contribution is -2.54. The van der Waals surface area contributed by atoms with Gasteiger partial charge in [-0.15, -0.1) is 0 Å². The van der Waals surface area contributed by atoms with Crippen molar-refractivity contribution in [3.8, 4) is 0 Å². The van der Waals surface area contributed by atoms with Crippen LogP contribution < -0.4 is 4.90 Å². The molecule has 0 spiro atoms. The summed E-state index contributed by atoms with van der Waals surface area (Å²) in [6.07, 6.45) is 5.40. The molecule has 3 aromatic rings. The number of carbonyl (C=O) groups is 2. The molecule has 268 valence electrons. The van der Waals surface area contributed by atoms with Crippen molar-refractivity contribution in [1.29, 1.82) is 0 Å². The molecule has 2 aliphatic heterocycles. The van der Waals surface area contributed by atoms with Gasteiger partial charge in [0.15, 0.2) is 5.78 Å². The summed E-state index contributed by atoms with van der Waals surface area (Å²) in [7, 11) is -3.69. The van der Waals surface area contributed by atoms with Gasteiger partial charge in [-0.2, -0.15) is 0 Å². The van der Waals surface area contributed by atoms with Gasteiger partial charge in [-0.05, 0) is 105 Å². The zero-order valence-corrected chi connectivity index (χ0v) is 30.0. The highest BCUT2D eigenvalue weighted by Gasteiger charge is 2.58. The van der Waals surface area contributed by atoms with Crippen molar-refractivity contribution in [2.75, 3.05) is 37.6 Å². The van der Waals surface area contributed by atoms with Gasteiger partial charge in [0.1, 0.15) is 11.9 Å². The van der Waals surface area contributed by atoms with Crippen LogP contribution in [0.25, 0.3) is 4.85 Å². The average Bonchev–Trinajstić information content (AvgIpc) is 3.59. The van der Waals surface area contributed by atoms with Crippen LogP contribution in [-0.4, -0.2) is 63.9 Å². The Hall–Kier alpha value is -4.33. The second-order valence-corrected chi connectivity index (χ2v) is 16.2. The van der Waals surface area contributed by atoms with E-state index in [0.29, 0.717) is 11.5 Å². The first-order valence-electron chi connectivity index (χ1n) is 18.0. The van der Waals surface area contributed by atoms with E-state index in [1.165, 1.54) is 30.3 Å². The van der Waals surface area contributed by atoms with Crippen LogP contribution in [-0.2, 0) is 36.1 Å². The fourth-order valence-electron chi connectivity index (χ4n) is 8.40. The van der Waals surface area contributed by atoms with Gasteiger partial charge in [-0.25, -0.2) is 19.4 Å². The van der Waals surface area contributed by atoms with Crippen molar-refractivity contribution in [2.45, 2.75) is 73.3 Å². The molecule has 1 saturated carbocycles. The van der Waals surface area contributed by atoms with Gasteiger partial charge in [-0.1, -0.05) is 37.8 Å². The second kappa shape index (κ2) is 15.5. The van der Waals surface area contributed by atoms with Crippen LogP contribution in [0.2, 0.25) is 0 Å². The molecule has 0 N–H and O–H groups in total. The highest BCUT2D eigenvalue weighted by atomic mass is 32.2. The molecule has 1 aliphatic carbocycles. The maximum Gasteiger partial charge on any atom is 0.305 e. The van der Waals surface area contributed by atoms with E-state index >= 15 is 0 Å². The fraction of sp³-hybridized carbons (Fsp3) is 0.439. The van der Waals surface area contributed by atoms with E-state index in [4.69, 9.17) is 11.3 Å². The minimum atomic E-state index is -3.69. The smallest absolute Gasteiger partial charge is 0.305 e. The number of likely N-dealkylation sites (tertiary alicyclic amines) is 1. The third-order valence-electron chi connectivity index (χ3n) is 11.1. The van der Waals surface area contributed by atoms with E-state index in [-0.39, 0.29) is 58.1 Å². The molecule has 0 radical (unpaired) electrons. The predicted octanol–water partition coefficient (Wildman–Crippen LogP) is 7.04. The number of sulfone groups is 1. The minimum Gasteiger partial charge on any atom is -0.462 e. The maximum absolute atomic E-state index is 14.6. The Morgan fingerprint density at radius 3 is 2.27 bits per heavy atom. The summed E-state index contributed by atoms with van der Waals surface area (Å²) in [5.74, 6) is -0.412. The van der Waals surface area contributed by atoms with Crippen molar-refractivity contribution < 1.29 is 27.1 Å². The van der Waals surface area contributed by atoms with Gasteiger partial charge in [0, 0.05) is 55.6 Å². The maximum atomic E-state index is 14.6. The SMILES string of the molecule is [C-]#[N+][C@@](c1cccc(F)c1)(C1CCN(CC2CN(c3ccc(S(=O)(=O)c4ccc(CC(=O)C=C)cc4)cc3)C2)CC1)[C@H]1CCC[C@@H]1OC(=O)CC. The molecule has 0 aromatic heterocycles. The summed E-state index contributed by atoms with van der Waals surface area (Å²) in [5, 5.41) is 0. The van der Waals surface area contributed by atoms with Crippen molar-refractivity contribution in [1.82, 2.24) is 4.90 Å². The Morgan fingerprint density at radius 2 is 1.67 bits per heavy atom. The molecule has 3 aliphatic rings. The van der Waals surface area contributed by atoms with Crippen LogP contribution in [0.4, 0.5) is 10.1 Å². The third kappa shape index (κ3) is 7.65. The van der Waals surface area contributed by atoms with Crippen LogP contribution >= 0.6 is 0 Å². The monoisotopic (exact) mass is 711 g/mol. The molecule has 3 fully saturated rings. The normalized spacial score (nSPS) is 21.3. The number of rotatable bonds is 13. The molecule has 8 nitrogen and oxygen atoms in total. The van der Waals surface area contributed by atoms with E-state index in [1.54, 1.807) is 37.3 Å². The van der Waals surface area contributed by atoms with Gasteiger partial charge in [0.2, 0.25) is 9.84 Å². The van der Waals surface area contributed by atoms with E-state index in [9.17, 15) is 22.4 Å². The Balaban J connectivity index is 1.05. The number of hydrogen-bond donors (Lipinski definition) is 0. The molecule has 0 bridgehead atoms. The Labute approximate surface area is 301 Å². The van der Waals surface area contributed by atoms with E-state index in [2.05, 4.69) is 21.2 Å². The topological polar surface area (TPSA) is 88.3 Å². The number of benzene rings is 3. The molecule has 2 heterocycles. The molecule has 0 amide bonds. The fourth-order valence-corrected chi connectivity index (χ4v) is 9.66. The lowest BCUT2D eigenvalue weighted by molar-refractivity contribution is -0.152. The van der Waals surface area contributed by atoms with Crippen molar-refractivity contribution >= 4 is 27.3 Å². The molecular weight excluding hydrogens is 666 g/mol. The summed E-state index contributed by atoms with van der Waals surface area (Å²) in [6, 6.07) is 19.9. The third-order valence-corrected chi connectivity index (χ3v) is 12.9. The molecule has 3 aromatic carbocycles. The molecule has 3 atom stereocenters. The first kappa shape index (κ1) is 36.5. The quantitative estimate of drug-likeness (QED) is 0.107. The molecule has 0 unspecified atom stereocenters.